The van der Waals surface area contributed by atoms with Crippen molar-refractivity contribution in [3.05, 3.63) is 54.3 Å². The quantitative estimate of drug-likeness (QED) is 0.471. The van der Waals surface area contributed by atoms with E-state index in [1.54, 1.807) is 13.4 Å². The van der Waals surface area contributed by atoms with E-state index in [0.29, 0.717) is 0 Å². The van der Waals surface area contributed by atoms with Gasteiger partial charge in [0.15, 0.2) is 0 Å². The molecule has 0 aliphatic heterocycles. The van der Waals surface area contributed by atoms with E-state index in [9.17, 15) is 4.79 Å². The number of carbonyl (C=O) groups excluding carboxylic acids is 1. The fourth-order valence-corrected chi connectivity index (χ4v) is 2.36. The molecule has 1 atom stereocenters. The number of esters is 1. The molecular weight excluding hydrogens is 240 g/mol. The summed E-state index contributed by atoms with van der Waals surface area (Å²) in [4.78, 5) is 11.1. The Balaban J connectivity index is 2.16. The molecule has 0 bridgehead atoms. The van der Waals surface area contributed by atoms with Gasteiger partial charge in [-0.1, -0.05) is 32.6 Å². The number of hydrogen-bond donors (Lipinski definition) is 0. The summed E-state index contributed by atoms with van der Waals surface area (Å²) in [5.41, 5.74) is 2.34. The fourth-order valence-electron chi connectivity index (χ4n) is 2.36. The van der Waals surface area contributed by atoms with Gasteiger partial charge in [0, 0.05) is 17.4 Å². The number of methoxy groups -OCH3 is 1. The first-order valence-corrected chi connectivity index (χ1v) is 6.18. The molecule has 3 heteroatoms. The van der Waals surface area contributed by atoms with Crippen LogP contribution >= 0.6 is 0 Å². The monoisotopic (exact) mass is 258 g/mol. The van der Waals surface area contributed by atoms with Crippen LogP contribution in [0.5, 0.6) is 5.75 Å². The van der Waals surface area contributed by atoms with Crippen LogP contribution in [0, 0.1) is 5.41 Å². The summed E-state index contributed by atoms with van der Waals surface area (Å²) in [6, 6.07) is 7.97. The van der Waals surface area contributed by atoms with E-state index < -0.39 is 5.97 Å². The molecule has 2 rings (SSSR count). The topological polar surface area (TPSA) is 35.5 Å². The van der Waals surface area contributed by atoms with Gasteiger partial charge in [0.1, 0.15) is 5.75 Å². The molecule has 0 heterocycles. The zero-order valence-corrected chi connectivity index (χ0v) is 11.5. The Hall–Kier alpha value is -2.03. The summed E-state index contributed by atoms with van der Waals surface area (Å²) in [7, 11) is 1.65. The van der Waals surface area contributed by atoms with Gasteiger partial charge >= 0.3 is 5.97 Å². The molecule has 0 N–H and O–H groups in total. The predicted octanol–water partition coefficient (Wildman–Crippen LogP) is 3.43. The zero-order valence-electron chi connectivity index (χ0n) is 11.5. The molecule has 0 saturated heterocycles. The summed E-state index contributed by atoms with van der Waals surface area (Å²) in [5, 5.41) is 0. The van der Waals surface area contributed by atoms with Crippen LogP contribution in [0.1, 0.15) is 25.3 Å². The highest BCUT2D eigenvalue weighted by Gasteiger charge is 2.53. The largest absolute Gasteiger partial charge is 0.497 e. The van der Waals surface area contributed by atoms with Gasteiger partial charge in [-0.15, -0.1) is 0 Å². The standard InChI is InChI=1S/C16H18O3/c1-5-14(17)19-10-13-15(16(13,2)3)11-6-8-12(18-4)9-7-11/h5-10,15H,1H2,2-4H3/b13-10+. The maximum atomic E-state index is 11.1. The molecular formula is C16H18O3. The second kappa shape index (κ2) is 4.92. The first kappa shape index (κ1) is 13.4. The van der Waals surface area contributed by atoms with Crippen LogP contribution in [0.15, 0.2) is 48.8 Å². The molecule has 0 aromatic heterocycles. The second-order valence-corrected chi connectivity index (χ2v) is 5.14. The Bertz CT molecular complexity index is 523. The lowest BCUT2D eigenvalue weighted by Gasteiger charge is -2.03. The summed E-state index contributed by atoms with van der Waals surface area (Å²) in [6.07, 6.45) is 2.72. The molecule has 1 fully saturated rings. The molecule has 0 radical (unpaired) electrons. The Morgan fingerprint density at radius 1 is 1.32 bits per heavy atom. The molecule has 1 unspecified atom stereocenters. The highest BCUT2D eigenvalue weighted by Crippen LogP contribution is 2.64. The van der Waals surface area contributed by atoms with Gasteiger partial charge < -0.3 is 9.47 Å². The van der Waals surface area contributed by atoms with Crippen LogP contribution in [0.3, 0.4) is 0 Å². The van der Waals surface area contributed by atoms with Crippen LogP contribution in [0.2, 0.25) is 0 Å². The number of allylic oxidation sites excluding steroid dienone is 1. The number of hydrogen-bond acceptors (Lipinski definition) is 3. The Morgan fingerprint density at radius 3 is 2.47 bits per heavy atom. The van der Waals surface area contributed by atoms with Gasteiger partial charge in [-0.2, -0.15) is 0 Å². The van der Waals surface area contributed by atoms with Gasteiger partial charge in [0.2, 0.25) is 0 Å². The third-order valence-corrected chi connectivity index (χ3v) is 3.61. The van der Waals surface area contributed by atoms with Crippen LogP contribution < -0.4 is 4.74 Å². The Morgan fingerprint density at radius 2 is 1.95 bits per heavy atom. The number of benzene rings is 1. The van der Waals surface area contributed by atoms with Crippen molar-refractivity contribution in [2.75, 3.05) is 7.11 Å². The van der Waals surface area contributed by atoms with Gasteiger partial charge in [0.05, 0.1) is 13.4 Å². The summed E-state index contributed by atoms with van der Waals surface area (Å²) in [5.74, 6) is 0.700. The average Bonchev–Trinajstić information content (AvgIpc) is 2.97. The highest BCUT2D eigenvalue weighted by molar-refractivity contribution is 5.81. The molecule has 0 spiro atoms. The minimum Gasteiger partial charge on any atom is -0.497 e. The lowest BCUT2D eigenvalue weighted by atomic mass is 10.0. The van der Waals surface area contributed by atoms with E-state index in [4.69, 9.17) is 9.47 Å². The molecule has 1 saturated carbocycles. The predicted molar refractivity (Wildman–Crippen MR) is 73.9 cm³/mol. The highest BCUT2D eigenvalue weighted by atomic mass is 16.5. The molecule has 19 heavy (non-hydrogen) atoms. The smallest absolute Gasteiger partial charge is 0.334 e. The van der Waals surface area contributed by atoms with Gasteiger partial charge in [-0.05, 0) is 23.3 Å². The normalized spacial score (nSPS) is 21.8. The van der Waals surface area contributed by atoms with Crippen molar-refractivity contribution < 1.29 is 14.3 Å². The lowest BCUT2D eigenvalue weighted by Crippen LogP contribution is -1.92. The van der Waals surface area contributed by atoms with Gasteiger partial charge in [0.25, 0.3) is 0 Å². The van der Waals surface area contributed by atoms with Crippen LogP contribution in [0.4, 0.5) is 0 Å². The molecule has 1 aliphatic rings. The third kappa shape index (κ3) is 2.55. The molecule has 3 nitrogen and oxygen atoms in total. The van der Waals surface area contributed by atoms with E-state index in [2.05, 4.69) is 20.4 Å². The first-order valence-electron chi connectivity index (χ1n) is 6.18. The van der Waals surface area contributed by atoms with E-state index >= 15 is 0 Å². The van der Waals surface area contributed by atoms with Crippen molar-refractivity contribution in [1.29, 1.82) is 0 Å². The maximum Gasteiger partial charge on any atom is 0.334 e. The number of rotatable bonds is 4. The third-order valence-electron chi connectivity index (χ3n) is 3.61. The summed E-state index contributed by atoms with van der Waals surface area (Å²) in [6.45, 7) is 7.64. The van der Waals surface area contributed by atoms with E-state index in [0.717, 1.165) is 17.4 Å². The molecule has 1 aromatic rings. The minimum atomic E-state index is -0.427. The van der Waals surface area contributed by atoms with E-state index in [-0.39, 0.29) is 11.3 Å². The van der Waals surface area contributed by atoms with Crippen LogP contribution in [0.25, 0.3) is 0 Å². The van der Waals surface area contributed by atoms with Crippen LogP contribution in [-0.4, -0.2) is 13.1 Å². The molecule has 100 valence electrons. The SMILES string of the molecule is C=CC(=O)O/C=C1\C(c2ccc(OC)cc2)C1(C)C. The first-order chi connectivity index (χ1) is 9.00. The van der Waals surface area contributed by atoms with E-state index in [1.165, 1.54) is 5.56 Å². The van der Waals surface area contributed by atoms with Crippen molar-refractivity contribution in [2.45, 2.75) is 19.8 Å². The van der Waals surface area contributed by atoms with E-state index in [1.807, 2.05) is 24.3 Å². The van der Waals surface area contributed by atoms with Crippen LogP contribution in [-0.2, 0) is 9.53 Å². The zero-order chi connectivity index (χ0) is 14.0. The second-order valence-electron chi connectivity index (χ2n) is 5.14. The van der Waals surface area contributed by atoms with Gasteiger partial charge in [-0.3, -0.25) is 0 Å². The summed E-state index contributed by atoms with van der Waals surface area (Å²) < 4.78 is 10.2. The maximum absolute atomic E-state index is 11.1. The van der Waals surface area contributed by atoms with Crippen molar-refractivity contribution in [3.8, 4) is 5.75 Å². The fraction of sp³-hybridized carbons (Fsp3) is 0.312. The molecule has 1 aliphatic carbocycles. The molecule has 0 amide bonds. The van der Waals surface area contributed by atoms with Crippen molar-refractivity contribution in [1.82, 2.24) is 0 Å². The molecule has 1 aromatic carbocycles. The minimum absolute atomic E-state index is 0.0238. The number of carbonyl (C=O) groups is 1. The summed E-state index contributed by atoms with van der Waals surface area (Å²) >= 11 is 0. The number of ether oxygens (including phenoxy) is 2. The van der Waals surface area contributed by atoms with Crippen molar-refractivity contribution in [2.24, 2.45) is 5.41 Å². The lowest BCUT2D eigenvalue weighted by molar-refractivity contribution is -0.132. The average molecular weight is 258 g/mol. The van der Waals surface area contributed by atoms with Gasteiger partial charge in [-0.25, -0.2) is 4.79 Å². The van der Waals surface area contributed by atoms with Crippen molar-refractivity contribution >= 4 is 5.97 Å². The van der Waals surface area contributed by atoms with Crippen molar-refractivity contribution in [3.63, 3.8) is 0 Å². The Kier molecular flexibility index (Phi) is 3.47. The Labute approximate surface area is 113 Å².